The monoisotopic (exact) mass is 313 g/mol. The van der Waals surface area contributed by atoms with Crippen LogP contribution in [-0.4, -0.2) is 20.1 Å². The maximum atomic E-state index is 11.4. The Morgan fingerprint density at radius 1 is 1.30 bits per heavy atom. The fraction of sp³-hybridized carbons (Fsp3) is 0.214. The zero-order valence-electron chi connectivity index (χ0n) is 10.9. The Balaban J connectivity index is 2.40. The molecule has 0 saturated heterocycles. The number of methoxy groups -OCH3 is 1. The molecule has 0 fully saturated rings. The Bertz CT molecular complexity index is 625. The van der Waals surface area contributed by atoms with E-state index in [9.17, 15) is 4.79 Å². The normalized spacial score (nSPS) is 12.2. The van der Waals surface area contributed by atoms with Crippen molar-refractivity contribution >= 4 is 29.2 Å². The molecule has 4 nitrogen and oxygen atoms in total. The van der Waals surface area contributed by atoms with Gasteiger partial charge in [-0.2, -0.15) is 0 Å². The van der Waals surface area contributed by atoms with Gasteiger partial charge in [-0.1, -0.05) is 35.3 Å². The highest BCUT2D eigenvalue weighted by Gasteiger charge is 2.21. The molecule has 1 unspecified atom stereocenters. The lowest BCUT2D eigenvalue weighted by Crippen LogP contribution is -2.17. The lowest BCUT2D eigenvalue weighted by atomic mass is 10.0. The van der Waals surface area contributed by atoms with Crippen molar-refractivity contribution in [3.05, 3.63) is 57.5 Å². The first-order valence-electron chi connectivity index (χ1n) is 5.87. The predicted octanol–water partition coefficient (Wildman–Crippen LogP) is 3.68. The van der Waals surface area contributed by atoms with Gasteiger partial charge in [0.1, 0.15) is 5.76 Å². The van der Waals surface area contributed by atoms with Crippen molar-refractivity contribution in [2.45, 2.75) is 6.04 Å². The maximum absolute atomic E-state index is 11.4. The molecular formula is C14H13Cl2NO3. The second-order valence-electron chi connectivity index (χ2n) is 4.06. The highest BCUT2D eigenvalue weighted by molar-refractivity contribution is 6.42. The first kappa shape index (κ1) is 14.9. The summed E-state index contributed by atoms with van der Waals surface area (Å²) in [5.74, 6) is 0.168. The molecule has 0 aliphatic carbocycles. The minimum Gasteiger partial charge on any atom is -0.463 e. The summed E-state index contributed by atoms with van der Waals surface area (Å²) in [5.41, 5.74) is 0.771. The van der Waals surface area contributed by atoms with E-state index in [0.717, 1.165) is 5.56 Å². The molecule has 20 heavy (non-hydrogen) atoms. The minimum absolute atomic E-state index is 0.140. The van der Waals surface area contributed by atoms with Gasteiger partial charge in [-0.15, -0.1) is 0 Å². The van der Waals surface area contributed by atoms with Gasteiger partial charge in [0.15, 0.2) is 0 Å². The Kier molecular flexibility index (Phi) is 4.70. The first-order chi connectivity index (χ1) is 9.58. The molecule has 1 aromatic carbocycles. The summed E-state index contributed by atoms with van der Waals surface area (Å²) in [6, 6.07) is 8.31. The van der Waals surface area contributed by atoms with E-state index in [4.69, 9.17) is 27.6 Å². The van der Waals surface area contributed by atoms with Gasteiger partial charge >= 0.3 is 5.97 Å². The molecule has 6 heteroatoms. The van der Waals surface area contributed by atoms with Gasteiger partial charge in [0.25, 0.3) is 0 Å². The number of hydrogen-bond acceptors (Lipinski definition) is 4. The molecule has 0 aliphatic heterocycles. The molecule has 2 rings (SSSR count). The molecule has 106 valence electrons. The third kappa shape index (κ3) is 2.82. The Labute approximate surface area is 126 Å². The standard InChI is InChI=1S/C14H13Cl2NO3/c1-17-13(8-4-3-5-9(15)12(8)16)10-6-7-11(20-10)14(18)19-2/h3-7,13,17H,1-2H3. The Morgan fingerprint density at radius 3 is 2.70 bits per heavy atom. The van der Waals surface area contributed by atoms with Crippen LogP contribution in [0.4, 0.5) is 0 Å². The van der Waals surface area contributed by atoms with E-state index in [2.05, 4.69) is 10.1 Å². The summed E-state index contributed by atoms with van der Waals surface area (Å²) < 4.78 is 10.1. The number of nitrogens with one attached hydrogen (secondary N) is 1. The van der Waals surface area contributed by atoms with E-state index in [1.807, 2.05) is 6.07 Å². The van der Waals surface area contributed by atoms with Crippen LogP contribution in [0.5, 0.6) is 0 Å². The molecule has 0 amide bonds. The molecule has 1 heterocycles. The molecule has 1 atom stereocenters. The van der Waals surface area contributed by atoms with Crippen LogP contribution in [0.15, 0.2) is 34.7 Å². The summed E-state index contributed by atoms with van der Waals surface area (Å²) in [5, 5.41) is 3.99. The van der Waals surface area contributed by atoms with Crippen molar-refractivity contribution < 1.29 is 13.9 Å². The summed E-state index contributed by atoms with van der Waals surface area (Å²) in [6.45, 7) is 0. The van der Waals surface area contributed by atoms with Gasteiger partial charge < -0.3 is 14.5 Å². The summed E-state index contributed by atoms with van der Waals surface area (Å²) in [7, 11) is 3.07. The molecule has 2 aromatic rings. The van der Waals surface area contributed by atoms with Gasteiger partial charge in [-0.3, -0.25) is 0 Å². The number of furan rings is 1. The maximum Gasteiger partial charge on any atom is 0.373 e. The largest absolute Gasteiger partial charge is 0.463 e. The number of halogens is 2. The van der Waals surface area contributed by atoms with Crippen LogP contribution in [0, 0.1) is 0 Å². The van der Waals surface area contributed by atoms with Crippen molar-refractivity contribution in [3.8, 4) is 0 Å². The number of carbonyl (C=O) groups is 1. The zero-order valence-corrected chi connectivity index (χ0v) is 12.5. The van der Waals surface area contributed by atoms with Crippen LogP contribution < -0.4 is 5.32 Å². The van der Waals surface area contributed by atoms with Crippen LogP contribution in [0.1, 0.15) is 27.9 Å². The SMILES string of the molecule is CNC(c1ccc(C(=O)OC)o1)c1cccc(Cl)c1Cl. The number of esters is 1. The van der Waals surface area contributed by atoms with Crippen molar-refractivity contribution in [3.63, 3.8) is 0 Å². The number of rotatable bonds is 4. The first-order valence-corrected chi connectivity index (χ1v) is 6.63. The van der Waals surface area contributed by atoms with E-state index in [1.54, 1.807) is 31.3 Å². The van der Waals surface area contributed by atoms with Crippen molar-refractivity contribution in [2.75, 3.05) is 14.2 Å². The molecule has 0 radical (unpaired) electrons. The highest BCUT2D eigenvalue weighted by atomic mass is 35.5. The highest BCUT2D eigenvalue weighted by Crippen LogP contribution is 2.33. The average Bonchev–Trinajstić information content (AvgIpc) is 2.93. The van der Waals surface area contributed by atoms with Gasteiger partial charge in [-0.05, 0) is 30.8 Å². The van der Waals surface area contributed by atoms with Crippen LogP contribution in [0.3, 0.4) is 0 Å². The number of benzene rings is 1. The van der Waals surface area contributed by atoms with E-state index in [1.165, 1.54) is 7.11 Å². The quantitative estimate of drug-likeness (QED) is 0.875. The van der Waals surface area contributed by atoms with E-state index in [0.29, 0.717) is 15.8 Å². The predicted molar refractivity (Wildman–Crippen MR) is 77.4 cm³/mol. The lowest BCUT2D eigenvalue weighted by Gasteiger charge is -2.16. The molecular weight excluding hydrogens is 301 g/mol. The van der Waals surface area contributed by atoms with Crippen molar-refractivity contribution in [2.24, 2.45) is 0 Å². The summed E-state index contributed by atoms with van der Waals surface area (Å²) in [6.07, 6.45) is 0. The van der Waals surface area contributed by atoms with Gasteiger partial charge in [0.05, 0.1) is 23.2 Å². The number of carbonyl (C=O) groups excluding carboxylic acids is 1. The van der Waals surface area contributed by atoms with Gasteiger partial charge in [0.2, 0.25) is 5.76 Å². The van der Waals surface area contributed by atoms with Gasteiger partial charge in [-0.25, -0.2) is 4.79 Å². The lowest BCUT2D eigenvalue weighted by molar-refractivity contribution is 0.0562. The third-order valence-corrected chi connectivity index (χ3v) is 3.71. The number of ether oxygens (including phenoxy) is 1. The van der Waals surface area contributed by atoms with E-state index in [-0.39, 0.29) is 11.8 Å². The Hall–Kier alpha value is -1.49. The number of hydrogen-bond donors (Lipinski definition) is 1. The molecule has 0 saturated carbocycles. The summed E-state index contributed by atoms with van der Waals surface area (Å²) in [4.78, 5) is 11.4. The second-order valence-corrected chi connectivity index (χ2v) is 4.84. The van der Waals surface area contributed by atoms with Crippen LogP contribution in [-0.2, 0) is 4.74 Å². The second kappa shape index (κ2) is 6.31. The third-order valence-electron chi connectivity index (χ3n) is 2.88. The fourth-order valence-electron chi connectivity index (χ4n) is 1.91. The molecule has 1 aromatic heterocycles. The van der Waals surface area contributed by atoms with Crippen LogP contribution >= 0.6 is 23.2 Å². The van der Waals surface area contributed by atoms with Crippen molar-refractivity contribution in [1.82, 2.24) is 5.32 Å². The van der Waals surface area contributed by atoms with Crippen LogP contribution in [0.25, 0.3) is 0 Å². The molecule has 1 N–H and O–H groups in total. The smallest absolute Gasteiger partial charge is 0.373 e. The average molecular weight is 314 g/mol. The fourth-order valence-corrected chi connectivity index (χ4v) is 2.33. The van der Waals surface area contributed by atoms with E-state index < -0.39 is 5.97 Å². The molecule has 0 bridgehead atoms. The van der Waals surface area contributed by atoms with Crippen molar-refractivity contribution in [1.29, 1.82) is 0 Å². The van der Waals surface area contributed by atoms with E-state index >= 15 is 0 Å². The van der Waals surface area contributed by atoms with Crippen LogP contribution in [0.2, 0.25) is 10.0 Å². The van der Waals surface area contributed by atoms with Gasteiger partial charge in [0, 0.05) is 0 Å². The molecule has 0 spiro atoms. The zero-order chi connectivity index (χ0) is 14.7. The minimum atomic E-state index is -0.525. The summed E-state index contributed by atoms with van der Waals surface area (Å²) >= 11 is 12.2. The molecule has 0 aliphatic rings. The Morgan fingerprint density at radius 2 is 2.05 bits per heavy atom. The topological polar surface area (TPSA) is 51.5 Å².